The number of carbonyl (C=O) groups excluding carboxylic acids is 1. The van der Waals surface area contributed by atoms with Gasteiger partial charge in [0.15, 0.2) is 0 Å². The minimum absolute atomic E-state index is 0.109. The number of carboxylic acids is 1. The number of amides is 1. The number of sulfone groups is 1. The minimum atomic E-state index is -3.84. The normalized spacial score (nSPS) is 13.1. The Hall–Kier alpha value is -4.28. The van der Waals surface area contributed by atoms with Crippen LogP contribution in [0.25, 0.3) is 33.1 Å². The molecule has 246 valence electrons. The van der Waals surface area contributed by atoms with Gasteiger partial charge in [-0.3, -0.25) is 0 Å². The number of para-hydroxylation sites is 2. The Kier molecular flexibility index (Phi) is 9.48. The molecule has 0 spiro atoms. The van der Waals surface area contributed by atoms with Gasteiger partial charge in [0, 0.05) is 27.8 Å². The Balaban J connectivity index is 1.36. The molecule has 4 aromatic carbocycles. The number of aliphatic carboxylic acids is 1. The van der Waals surface area contributed by atoms with Crippen LogP contribution in [-0.2, 0) is 30.5 Å². The van der Waals surface area contributed by atoms with E-state index >= 15 is 0 Å². The topological polar surface area (TPSA) is 123 Å². The number of hydrogen-bond donors (Lipinski definition) is 2. The van der Waals surface area contributed by atoms with Crippen LogP contribution in [0.4, 0.5) is 4.79 Å². The van der Waals surface area contributed by atoms with Crippen molar-refractivity contribution in [3.05, 3.63) is 96.1 Å². The van der Waals surface area contributed by atoms with Crippen LogP contribution in [0, 0.1) is 0 Å². The van der Waals surface area contributed by atoms with Crippen molar-refractivity contribution < 1.29 is 32.3 Å². The van der Waals surface area contributed by atoms with E-state index < -0.39 is 33.5 Å². The summed E-state index contributed by atoms with van der Waals surface area (Å²) >= 11 is 1.31. The lowest BCUT2D eigenvalue weighted by Crippen LogP contribution is -2.44. The van der Waals surface area contributed by atoms with Crippen LogP contribution >= 0.6 is 11.8 Å². The molecular weight excluding hydrogens is 635 g/mol. The fraction of sp³-hybridized carbons (Fsp3) is 0.297. The van der Waals surface area contributed by atoms with E-state index in [0.717, 1.165) is 44.2 Å². The molecular formula is C37H39NO7S2. The second-order valence-electron chi connectivity index (χ2n) is 13.4. The monoisotopic (exact) mass is 673 g/mol. The summed E-state index contributed by atoms with van der Waals surface area (Å²) in [6.07, 6.45) is -0.797. The zero-order valence-corrected chi connectivity index (χ0v) is 28.9. The Morgan fingerprint density at radius 3 is 2.17 bits per heavy atom. The molecule has 10 heteroatoms. The standard InChI is InChI=1S/C37H39NO7S2/c1-36(2,3)30-20-25(18-19-26(30)28-11-9-12-29-27-10-7-8-13-32(27)44-33(28)29)47(42,43)24-16-14-23(15-17-24)21-46-22-31(34(39)40)38-35(41)45-37(4,5)6/h7-20,31H,21-22H2,1-6H3,(H,38,41)(H,39,40). The predicted molar refractivity (Wildman–Crippen MR) is 187 cm³/mol. The van der Waals surface area contributed by atoms with Gasteiger partial charge in [-0.05, 0) is 73.2 Å². The number of benzene rings is 4. The van der Waals surface area contributed by atoms with Crippen LogP contribution in [0.5, 0.6) is 0 Å². The largest absolute Gasteiger partial charge is 0.480 e. The third-order valence-electron chi connectivity index (χ3n) is 7.58. The van der Waals surface area contributed by atoms with Crippen molar-refractivity contribution in [3.8, 4) is 11.1 Å². The molecule has 0 radical (unpaired) electrons. The van der Waals surface area contributed by atoms with Gasteiger partial charge in [-0.1, -0.05) is 75.4 Å². The number of rotatable bonds is 9. The molecule has 0 aliphatic rings. The van der Waals surface area contributed by atoms with E-state index in [-0.39, 0.29) is 21.0 Å². The van der Waals surface area contributed by atoms with Gasteiger partial charge in [-0.25, -0.2) is 18.0 Å². The first kappa shape index (κ1) is 34.1. The number of furan rings is 1. The number of nitrogens with one attached hydrogen (secondary N) is 1. The molecule has 2 N–H and O–H groups in total. The van der Waals surface area contributed by atoms with Crippen LogP contribution in [0.15, 0.2) is 99.1 Å². The Morgan fingerprint density at radius 1 is 0.851 bits per heavy atom. The number of alkyl carbamates (subject to hydrolysis) is 1. The van der Waals surface area contributed by atoms with Gasteiger partial charge in [0.05, 0.1) is 9.79 Å². The molecule has 1 amide bonds. The Labute approximate surface area is 279 Å². The molecule has 1 heterocycles. The molecule has 1 aromatic heterocycles. The smallest absolute Gasteiger partial charge is 0.408 e. The van der Waals surface area contributed by atoms with E-state index in [9.17, 15) is 23.1 Å². The van der Waals surface area contributed by atoms with E-state index in [0.29, 0.717) is 5.75 Å². The highest BCUT2D eigenvalue weighted by Gasteiger charge is 2.27. The molecule has 0 aliphatic carbocycles. The highest BCUT2D eigenvalue weighted by atomic mass is 32.2. The predicted octanol–water partition coefficient (Wildman–Crippen LogP) is 8.59. The fourth-order valence-electron chi connectivity index (χ4n) is 5.33. The first-order valence-electron chi connectivity index (χ1n) is 15.2. The third kappa shape index (κ3) is 7.66. The number of hydrogen-bond acceptors (Lipinski definition) is 7. The quantitative estimate of drug-likeness (QED) is 0.160. The van der Waals surface area contributed by atoms with Gasteiger partial charge in [-0.2, -0.15) is 11.8 Å². The van der Waals surface area contributed by atoms with Crippen LogP contribution in [0.2, 0.25) is 0 Å². The van der Waals surface area contributed by atoms with Crippen molar-refractivity contribution in [1.29, 1.82) is 0 Å². The molecule has 0 aliphatic heterocycles. The zero-order valence-electron chi connectivity index (χ0n) is 27.3. The summed E-state index contributed by atoms with van der Waals surface area (Å²) in [5.41, 5.74) is 3.96. The molecule has 0 fully saturated rings. The highest BCUT2D eigenvalue weighted by Crippen LogP contribution is 2.41. The molecule has 5 aromatic rings. The molecule has 47 heavy (non-hydrogen) atoms. The van der Waals surface area contributed by atoms with Crippen LogP contribution < -0.4 is 5.32 Å². The second kappa shape index (κ2) is 13.1. The lowest BCUT2D eigenvalue weighted by Gasteiger charge is -2.24. The van der Waals surface area contributed by atoms with Crippen molar-refractivity contribution in [3.63, 3.8) is 0 Å². The Morgan fingerprint density at radius 2 is 1.51 bits per heavy atom. The molecule has 0 bridgehead atoms. The van der Waals surface area contributed by atoms with Crippen molar-refractivity contribution >= 4 is 55.6 Å². The van der Waals surface area contributed by atoms with Crippen molar-refractivity contribution in [2.75, 3.05) is 5.75 Å². The van der Waals surface area contributed by atoms with Gasteiger partial charge in [0.1, 0.15) is 22.8 Å². The maximum Gasteiger partial charge on any atom is 0.408 e. The molecule has 1 unspecified atom stereocenters. The summed E-state index contributed by atoms with van der Waals surface area (Å²) in [5, 5.41) is 13.9. The number of thioether (sulfide) groups is 1. The highest BCUT2D eigenvalue weighted by molar-refractivity contribution is 7.98. The maximum atomic E-state index is 13.8. The number of carboxylic acid groups (broad SMARTS) is 1. The van der Waals surface area contributed by atoms with Gasteiger partial charge >= 0.3 is 12.1 Å². The van der Waals surface area contributed by atoms with Crippen molar-refractivity contribution in [1.82, 2.24) is 5.32 Å². The summed E-state index contributed by atoms with van der Waals surface area (Å²) in [4.78, 5) is 24.1. The Bertz CT molecular complexity index is 2050. The van der Waals surface area contributed by atoms with Crippen molar-refractivity contribution in [2.45, 2.75) is 74.1 Å². The zero-order chi connectivity index (χ0) is 34.1. The number of ether oxygens (including phenoxy) is 1. The van der Waals surface area contributed by atoms with Crippen LogP contribution in [-0.4, -0.2) is 43.0 Å². The summed E-state index contributed by atoms with van der Waals surface area (Å²) in [6.45, 7) is 11.3. The molecule has 8 nitrogen and oxygen atoms in total. The summed E-state index contributed by atoms with van der Waals surface area (Å²) in [7, 11) is -3.84. The fourth-order valence-corrected chi connectivity index (χ4v) is 7.62. The lowest BCUT2D eigenvalue weighted by atomic mass is 9.81. The minimum Gasteiger partial charge on any atom is -0.480 e. The van der Waals surface area contributed by atoms with E-state index in [2.05, 4.69) is 26.1 Å². The number of fused-ring (bicyclic) bond motifs is 3. The van der Waals surface area contributed by atoms with Gasteiger partial charge in [0.25, 0.3) is 0 Å². The maximum absolute atomic E-state index is 13.8. The summed E-state index contributed by atoms with van der Waals surface area (Å²) in [5.74, 6) is -0.631. The summed E-state index contributed by atoms with van der Waals surface area (Å²) in [6, 6.07) is 24.7. The van der Waals surface area contributed by atoms with E-state index in [1.54, 1.807) is 57.2 Å². The average molecular weight is 674 g/mol. The molecule has 0 saturated heterocycles. The first-order chi connectivity index (χ1) is 22.0. The van der Waals surface area contributed by atoms with Crippen LogP contribution in [0.3, 0.4) is 0 Å². The second-order valence-corrected chi connectivity index (χ2v) is 16.4. The average Bonchev–Trinajstić information content (AvgIpc) is 3.38. The lowest BCUT2D eigenvalue weighted by molar-refractivity contribution is -0.138. The van der Waals surface area contributed by atoms with Crippen molar-refractivity contribution in [2.24, 2.45) is 0 Å². The molecule has 5 rings (SSSR count). The summed E-state index contributed by atoms with van der Waals surface area (Å²) < 4.78 is 39.1. The van der Waals surface area contributed by atoms with Crippen LogP contribution in [0.1, 0.15) is 52.7 Å². The molecule has 0 saturated carbocycles. The van der Waals surface area contributed by atoms with E-state index in [1.807, 2.05) is 48.5 Å². The molecule has 1 atom stereocenters. The third-order valence-corrected chi connectivity index (χ3v) is 10.5. The van der Waals surface area contributed by atoms with Gasteiger partial charge < -0.3 is 19.6 Å². The SMILES string of the molecule is CC(C)(C)OC(=O)NC(CSCc1ccc(S(=O)(=O)c2ccc(-c3cccc4c3oc3ccccc34)c(C(C)(C)C)c2)cc1)C(=O)O. The van der Waals surface area contributed by atoms with Gasteiger partial charge in [-0.15, -0.1) is 0 Å². The number of carbonyl (C=O) groups is 2. The van der Waals surface area contributed by atoms with E-state index in [4.69, 9.17) is 9.15 Å². The van der Waals surface area contributed by atoms with E-state index in [1.165, 1.54) is 11.8 Å². The first-order valence-corrected chi connectivity index (χ1v) is 17.9. The van der Waals surface area contributed by atoms with Gasteiger partial charge in [0.2, 0.25) is 9.84 Å².